The minimum atomic E-state index is -0.423. The summed E-state index contributed by atoms with van der Waals surface area (Å²) in [5.74, 6) is 0.343. The molecule has 0 aliphatic rings. The fourth-order valence-corrected chi connectivity index (χ4v) is 1.42. The van der Waals surface area contributed by atoms with Gasteiger partial charge in [-0.1, -0.05) is 19.1 Å². The summed E-state index contributed by atoms with van der Waals surface area (Å²) in [6.07, 6.45) is 1.10. The minimum absolute atomic E-state index is 0.0241. The van der Waals surface area contributed by atoms with Gasteiger partial charge in [-0.05, 0) is 19.4 Å². The van der Waals surface area contributed by atoms with Gasteiger partial charge in [0.2, 0.25) is 0 Å². The molecule has 0 amide bonds. The van der Waals surface area contributed by atoms with Gasteiger partial charge < -0.3 is 10.1 Å². The Morgan fingerprint density at radius 3 is 2.82 bits per heavy atom. The number of quaternary nitrogens is 1. The highest BCUT2D eigenvalue weighted by atomic mass is 16.6. The van der Waals surface area contributed by atoms with Gasteiger partial charge in [0, 0.05) is 6.07 Å². The van der Waals surface area contributed by atoms with Crippen molar-refractivity contribution < 1.29 is 15.0 Å². The second-order valence-corrected chi connectivity index (χ2v) is 3.98. The van der Waals surface area contributed by atoms with E-state index in [9.17, 15) is 10.1 Å². The van der Waals surface area contributed by atoms with Crippen molar-refractivity contribution in [3.05, 3.63) is 34.4 Å². The molecule has 0 saturated heterocycles. The first-order valence-electron chi connectivity index (χ1n) is 5.84. The lowest BCUT2D eigenvalue weighted by molar-refractivity contribution is -0.686. The third kappa shape index (κ3) is 4.40. The number of benzene rings is 1. The summed E-state index contributed by atoms with van der Waals surface area (Å²) in [7, 11) is 0. The highest BCUT2D eigenvalue weighted by molar-refractivity contribution is 5.45. The first-order chi connectivity index (χ1) is 8.15. The number of hydrogen-bond acceptors (Lipinski definition) is 3. The number of nitro benzene ring substituents is 1. The largest absolute Gasteiger partial charge is 0.481 e. The van der Waals surface area contributed by atoms with Gasteiger partial charge in [-0.2, -0.15) is 0 Å². The van der Waals surface area contributed by atoms with E-state index in [0.717, 1.165) is 13.0 Å². The Morgan fingerprint density at radius 2 is 2.18 bits per heavy atom. The maximum atomic E-state index is 10.7. The molecule has 1 rings (SSSR count). The van der Waals surface area contributed by atoms with Crippen molar-refractivity contribution in [2.45, 2.75) is 26.3 Å². The van der Waals surface area contributed by atoms with E-state index in [2.05, 4.69) is 19.2 Å². The molecule has 1 aromatic rings. The van der Waals surface area contributed by atoms with E-state index in [1.165, 1.54) is 6.07 Å². The number of ether oxygens (including phenoxy) is 1. The summed E-state index contributed by atoms with van der Waals surface area (Å²) < 4.78 is 5.42. The number of rotatable bonds is 7. The number of nitro groups is 1. The van der Waals surface area contributed by atoms with Gasteiger partial charge in [0.15, 0.2) is 5.75 Å². The van der Waals surface area contributed by atoms with E-state index in [4.69, 9.17) is 4.74 Å². The Kier molecular flexibility index (Phi) is 5.42. The molecule has 0 bridgehead atoms. The summed E-state index contributed by atoms with van der Waals surface area (Å²) >= 11 is 0. The molecule has 94 valence electrons. The summed E-state index contributed by atoms with van der Waals surface area (Å²) in [5.41, 5.74) is 0.0241. The van der Waals surface area contributed by atoms with Crippen LogP contribution in [0.5, 0.6) is 5.75 Å². The smallest absolute Gasteiger partial charge is 0.310 e. The van der Waals surface area contributed by atoms with Crippen LogP contribution in [0.25, 0.3) is 0 Å². The van der Waals surface area contributed by atoms with Crippen LogP contribution >= 0.6 is 0 Å². The van der Waals surface area contributed by atoms with Crippen LogP contribution in [0.4, 0.5) is 5.69 Å². The van der Waals surface area contributed by atoms with Crippen LogP contribution in [0.15, 0.2) is 24.3 Å². The lowest BCUT2D eigenvalue weighted by atomic mass is 10.3. The summed E-state index contributed by atoms with van der Waals surface area (Å²) in [6.45, 7) is 5.56. The maximum Gasteiger partial charge on any atom is 0.310 e. The molecule has 0 radical (unpaired) electrons. The SMILES string of the molecule is CC[C@H](C)[NH2+]CCOc1ccccc1[N+](=O)[O-]. The van der Waals surface area contributed by atoms with E-state index in [1.54, 1.807) is 18.2 Å². The lowest BCUT2D eigenvalue weighted by Crippen LogP contribution is -2.90. The average molecular weight is 239 g/mol. The molecule has 0 unspecified atom stereocenters. The lowest BCUT2D eigenvalue weighted by Gasteiger charge is -2.09. The molecule has 1 atom stereocenters. The van der Waals surface area contributed by atoms with Crippen LogP contribution in [0.2, 0.25) is 0 Å². The summed E-state index contributed by atoms with van der Waals surface area (Å²) in [6, 6.07) is 7.01. The predicted octanol–water partition coefficient (Wildman–Crippen LogP) is 1.34. The van der Waals surface area contributed by atoms with Crippen molar-refractivity contribution in [2.75, 3.05) is 13.2 Å². The molecule has 0 aliphatic carbocycles. The van der Waals surface area contributed by atoms with Crippen LogP contribution in [0.3, 0.4) is 0 Å². The van der Waals surface area contributed by atoms with Gasteiger partial charge in [-0.15, -0.1) is 0 Å². The van der Waals surface area contributed by atoms with Gasteiger partial charge in [0.05, 0.1) is 11.0 Å². The van der Waals surface area contributed by atoms with Crippen LogP contribution in [-0.4, -0.2) is 24.1 Å². The van der Waals surface area contributed by atoms with Crippen LogP contribution in [0, 0.1) is 10.1 Å². The maximum absolute atomic E-state index is 10.7. The predicted molar refractivity (Wildman–Crippen MR) is 65.1 cm³/mol. The first-order valence-corrected chi connectivity index (χ1v) is 5.84. The highest BCUT2D eigenvalue weighted by Gasteiger charge is 2.13. The fourth-order valence-electron chi connectivity index (χ4n) is 1.42. The van der Waals surface area contributed by atoms with E-state index >= 15 is 0 Å². The van der Waals surface area contributed by atoms with Crippen molar-refractivity contribution >= 4 is 5.69 Å². The molecular weight excluding hydrogens is 220 g/mol. The van der Waals surface area contributed by atoms with Gasteiger partial charge in [0.25, 0.3) is 0 Å². The molecule has 0 aromatic heterocycles. The van der Waals surface area contributed by atoms with E-state index in [0.29, 0.717) is 18.4 Å². The fraction of sp³-hybridized carbons (Fsp3) is 0.500. The number of hydrogen-bond donors (Lipinski definition) is 1. The van der Waals surface area contributed by atoms with Gasteiger partial charge in [-0.25, -0.2) is 0 Å². The van der Waals surface area contributed by atoms with Gasteiger partial charge >= 0.3 is 5.69 Å². The van der Waals surface area contributed by atoms with Crippen molar-refractivity contribution in [1.29, 1.82) is 0 Å². The quantitative estimate of drug-likeness (QED) is 0.443. The molecule has 5 nitrogen and oxygen atoms in total. The Bertz CT molecular complexity index is 369. The van der Waals surface area contributed by atoms with Crippen molar-refractivity contribution in [1.82, 2.24) is 0 Å². The Morgan fingerprint density at radius 1 is 1.47 bits per heavy atom. The van der Waals surface area contributed by atoms with E-state index in [1.807, 2.05) is 0 Å². The van der Waals surface area contributed by atoms with Gasteiger partial charge in [0.1, 0.15) is 13.2 Å². The molecular formula is C12H19N2O3+. The second-order valence-electron chi connectivity index (χ2n) is 3.98. The molecule has 1 aromatic carbocycles. The Labute approximate surface area is 101 Å². The summed E-state index contributed by atoms with van der Waals surface area (Å²) in [5, 5.41) is 12.9. The first kappa shape index (κ1) is 13.4. The monoisotopic (exact) mass is 239 g/mol. The molecule has 0 fully saturated rings. The van der Waals surface area contributed by atoms with E-state index in [-0.39, 0.29) is 5.69 Å². The molecule has 17 heavy (non-hydrogen) atoms. The molecule has 2 N–H and O–H groups in total. The van der Waals surface area contributed by atoms with Gasteiger partial charge in [-0.3, -0.25) is 10.1 Å². The minimum Gasteiger partial charge on any atom is -0.481 e. The topological polar surface area (TPSA) is 69.0 Å². The standard InChI is InChI=1S/C12H18N2O3/c1-3-10(2)13-8-9-17-12-7-5-4-6-11(12)14(15)16/h4-7,10,13H,3,8-9H2,1-2H3/p+1/t10-/m0/s1. The number of nitrogens with two attached hydrogens (primary N) is 1. The molecule has 0 aliphatic heterocycles. The molecule has 5 heteroatoms. The van der Waals surface area contributed by atoms with Crippen molar-refractivity contribution in [2.24, 2.45) is 0 Å². The molecule has 0 spiro atoms. The van der Waals surface area contributed by atoms with Crippen LogP contribution in [0.1, 0.15) is 20.3 Å². The van der Waals surface area contributed by atoms with Crippen LogP contribution < -0.4 is 10.1 Å². The summed E-state index contributed by atoms with van der Waals surface area (Å²) in [4.78, 5) is 10.3. The Hall–Kier alpha value is -1.62. The highest BCUT2D eigenvalue weighted by Crippen LogP contribution is 2.25. The Balaban J connectivity index is 2.44. The number of para-hydroxylation sites is 2. The molecule has 0 heterocycles. The third-order valence-electron chi connectivity index (χ3n) is 2.65. The zero-order chi connectivity index (χ0) is 12.7. The van der Waals surface area contributed by atoms with Crippen molar-refractivity contribution in [3.8, 4) is 5.75 Å². The second kappa shape index (κ2) is 6.85. The normalized spacial score (nSPS) is 12.1. The van der Waals surface area contributed by atoms with Crippen molar-refractivity contribution in [3.63, 3.8) is 0 Å². The average Bonchev–Trinajstić information content (AvgIpc) is 2.34. The zero-order valence-electron chi connectivity index (χ0n) is 10.3. The molecule has 0 saturated carbocycles. The zero-order valence-corrected chi connectivity index (χ0v) is 10.3. The van der Waals surface area contributed by atoms with E-state index < -0.39 is 4.92 Å². The number of nitrogens with zero attached hydrogens (tertiary/aromatic N) is 1. The van der Waals surface area contributed by atoms with Crippen LogP contribution in [-0.2, 0) is 0 Å². The third-order valence-corrected chi connectivity index (χ3v) is 2.65.